The van der Waals surface area contributed by atoms with E-state index < -0.39 is 0 Å². The summed E-state index contributed by atoms with van der Waals surface area (Å²) < 4.78 is 0. The summed E-state index contributed by atoms with van der Waals surface area (Å²) in [6, 6.07) is 0. The monoisotopic (exact) mass is 254 g/mol. The third-order valence-electron chi connectivity index (χ3n) is 3.32. The van der Waals surface area contributed by atoms with Crippen LogP contribution in [0.4, 0.5) is 5.13 Å². The van der Waals surface area contributed by atoms with Gasteiger partial charge in [0.2, 0.25) is 0 Å². The van der Waals surface area contributed by atoms with Crippen LogP contribution in [0, 0.1) is 5.92 Å². The van der Waals surface area contributed by atoms with E-state index in [2.05, 4.69) is 18.7 Å². The molecule has 1 aliphatic rings. The van der Waals surface area contributed by atoms with Crippen LogP contribution in [-0.2, 0) is 13.0 Å². The zero-order valence-electron chi connectivity index (χ0n) is 10.8. The van der Waals surface area contributed by atoms with Gasteiger partial charge in [0, 0.05) is 13.1 Å². The molecule has 1 aromatic rings. The Labute approximate surface area is 107 Å². The molecule has 0 aromatic carbocycles. The first-order valence-corrected chi connectivity index (χ1v) is 7.40. The van der Waals surface area contributed by atoms with Crippen molar-refractivity contribution >= 4 is 16.5 Å². The Kier molecular flexibility index (Phi) is 4.40. The molecular formula is C13H22N2OS. The summed E-state index contributed by atoms with van der Waals surface area (Å²) in [5.41, 5.74) is 1.10. The maximum absolute atomic E-state index is 9.36. The molecule has 1 aliphatic heterocycles. The van der Waals surface area contributed by atoms with Gasteiger partial charge in [-0.05, 0) is 25.2 Å². The van der Waals surface area contributed by atoms with Crippen molar-refractivity contribution in [3.63, 3.8) is 0 Å². The lowest BCUT2D eigenvalue weighted by Crippen LogP contribution is -2.34. The summed E-state index contributed by atoms with van der Waals surface area (Å²) in [5, 5.41) is 10.5. The molecule has 2 rings (SSSR count). The smallest absolute Gasteiger partial charge is 0.185 e. The van der Waals surface area contributed by atoms with Crippen LogP contribution in [0.2, 0.25) is 0 Å². The predicted molar refractivity (Wildman–Crippen MR) is 72.6 cm³/mol. The number of aliphatic hydroxyl groups is 1. The van der Waals surface area contributed by atoms with E-state index in [4.69, 9.17) is 4.98 Å². The van der Waals surface area contributed by atoms with Gasteiger partial charge < -0.3 is 10.0 Å². The molecule has 1 fully saturated rings. The quantitative estimate of drug-likeness (QED) is 0.897. The number of nitrogens with zero attached hydrogens (tertiary/aromatic N) is 2. The first-order chi connectivity index (χ1) is 8.24. The lowest BCUT2D eigenvalue weighted by molar-refractivity contribution is 0.284. The van der Waals surface area contributed by atoms with Crippen molar-refractivity contribution in [3.05, 3.63) is 10.6 Å². The molecule has 0 saturated carbocycles. The van der Waals surface area contributed by atoms with Crippen LogP contribution in [0.5, 0.6) is 0 Å². The second-order valence-electron chi connectivity index (χ2n) is 4.97. The maximum Gasteiger partial charge on any atom is 0.185 e. The summed E-state index contributed by atoms with van der Waals surface area (Å²) in [6.45, 7) is 6.83. The topological polar surface area (TPSA) is 36.4 Å². The van der Waals surface area contributed by atoms with Crippen LogP contribution >= 0.6 is 11.3 Å². The molecule has 3 nitrogen and oxygen atoms in total. The van der Waals surface area contributed by atoms with Crippen LogP contribution in [-0.4, -0.2) is 23.2 Å². The number of aromatic nitrogens is 1. The van der Waals surface area contributed by atoms with Crippen LogP contribution in [0.3, 0.4) is 0 Å². The van der Waals surface area contributed by atoms with E-state index in [1.54, 1.807) is 11.3 Å². The fourth-order valence-corrected chi connectivity index (χ4v) is 3.42. The lowest BCUT2D eigenvalue weighted by Gasteiger charge is -2.30. The minimum absolute atomic E-state index is 0.135. The molecule has 0 spiro atoms. The predicted octanol–water partition coefficient (Wildman–Crippen LogP) is 2.82. The Balaban J connectivity index is 2.14. The fraction of sp³-hybridized carbons (Fsp3) is 0.769. The van der Waals surface area contributed by atoms with Crippen LogP contribution in [0.25, 0.3) is 0 Å². The first-order valence-electron chi connectivity index (χ1n) is 6.59. The Bertz CT molecular complexity index is 364. The summed E-state index contributed by atoms with van der Waals surface area (Å²) >= 11 is 1.67. The van der Waals surface area contributed by atoms with Gasteiger partial charge in [0.05, 0.1) is 17.2 Å². The highest BCUT2D eigenvalue weighted by molar-refractivity contribution is 7.15. The van der Waals surface area contributed by atoms with Crippen molar-refractivity contribution in [2.24, 2.45) is 5.92 Å². The normalized spacial score (nSPS) is 20.9. The molecule has 0 bridgehead atoms. The zero-order valence-corrected chi connectivity index (χ0v) is 11.6. The van der Waals surface area contributed by atoms with E-state index in [0.717, 1.165) is 47.6 Å². The molecule has 0 radical (unpaired) electrons. The van der Waals surface area contributed by atoms with E-state index in [0.29, 0.717) is 0 Å². The van der Waals surface area contributed by atoms with E-state index in [9.17, 15) is 5.11 Å². The third-order valence-corrected chi connectivity index (χ3v) is 4.47. The minimum Gasteiger partial charge on any atom is -0.391 e. The molecule has 1 aromatic heterocycles. The number of anilines is 1. The largest absolute Gasteiger partial charge is 0.391 e. The molecule has 1 unspecified atom stereocenters. The summed E-state index contributed by atoms with van der Waals surface area (Å²) in [4.78, 5) is 8.16. The van der Waals surface area contributed by atoms with Crippen molar-refractivity contribution in [1.82, 2.24) is 4.98 Å². The molecule has 2 heterocycles. The van der Waals surface area contributed by atoms with Crippen molar-refractivity contribution in [1.29, 1.82) is 0 Å². The Morgan fingerprint density at radius 2 is 2.35 bits per heavy atom. The summed E-state index contributed by atoms with van der Waals surface area (Å²) in [7, 11) is 0. The third kappa shape index (κ3) is 2.99. The minimum atomic E-state index is 0.135. The molecule has 17 heavy (non-hydrogen) atoms. The van der Waals surface area contributed by atoms with Crippen LogP contribution in [0.15, 0.2) is 0 Å². The van der Waals surface area contributed by atoms with E-state index in [1.165, 1.54) is 12.8 Å². The molecule has 0 amide bonds. The van der Waals surface area contributed by atoms with Crippen LogP contribution in [0.1, 0.15) is 43.7 Å². The first kappa shape index (κ1) is 12.8. The Hall–Kier alpha value is -0.610. The van der Waals surface area contributed by atoms with Gasteiger partial charge in [-0.15, -0.1) is 0 Å². The number of rotatable bonds is 4. The summed E-state index contributed by atoms with van der Waals surface area (Å²) in [5.74, 6) is 0.764. The van der Waals surface area contributed by atoms with E-state index >= 15 is 0 Å². The number of aliphatic hydroxyl groups excluding tert-OH is 1. The van der Waals surface area contributed by atoms with Crippen molar-refractivity contribution < 1.29 is 5.11 Å². The number of thiazole rings is 1. The number of aryl methyl sites for hydroxylation is 1. The molecule has 4 heteroatoms. The van der Waals surface area contributed by atoms with Gasteiger partial charge in [0.25, 0.3) is 0 Å². The van der Waals surface area contributed by atoms with Gasteiger partial charge in [0.15, 0.2) is 5.13 Å². The average Bonchev–Trinajstić information content (AvgIpc) is 2.73. The van der Waals surface area contributed by atoms with Gasteiger partial charge in [0.1, 0.15) is 0 Å². The van der Waals surface area contributed by atoms with Gasteiger partial charge in [-0.3, -0.25) is 0 Å². The average molecular weight is 254 g/mol. The Morgan fingerprint density at radius 1 is 1.53 bits per heavy atom. The molecule has 0 aliphatic carbocycles. The second kappa shape index (κ2) is 5.83. The number of hydrogen-bond donors (Lipinski definition) is 1. The second-order valence-corrected chi connectivity index (χ2v) is 6.03. The SMILES string of the molecule is CCCc1nc(N2CCCC(C)C2)sc1CO. The van der Waals surface area contributed by atoms with Crippen molar-refractivity contribution in [3.8, 4) is 0 Å². The molecular weight excluding hydrogens is 232 g/mol. The molecule has 96 valence electrons. The van der Waals surface area contributed by atoms with Gasteiger partial charge in [-0.1, -0.05) is 31.6 Å². The lowest BCUT2D eigenvalue weighted by atomic mass is 10.0. The maximum atomic E-state index is 9.36. The zero-order chi connectivity index (χ0) is 12.3. The molecule has 1 saturated heterocycles. The number of hydrogen-bond acceptors (Lipinski definition) is 4. The highest BCUT2D eigenvalue weighted by atomic mass is 32.1. The fourth-order valence-electron chi connectivity index (χ4n) is 2.42. The standard InChI is InChI=1S/C13H22N2OS/c1-3-5-11-12(9-16)17-13(14-11)15-7-4-6-10(2)8-15/h10,16H,3-9H2,1-2H3. The highest BCUT2D eigenvalue weighted by Crippen LogP contribution is 2.30. The van der Waals surface area contributed by atoms with Crippen molar-refractivity contribution in [2.75, 3.05) is 18.0 Å². The van der Waals surface area contributed by atoms with E-state index in [1.807, 2.05) is 0 Å². The van der Waals surface area contributed by atoms with Gasteiger partial charge >= 0.3 is 0 Å². The Morgan fingerprint density at radius 3 is 3.00 bits per heavy atom. The molecule has 1 N–H and O–H groups in total. The summed E-state index contributed by atoms with van der Waals surface area (Å²) in [6.07, 6.45) is 4.66. The van der Waals surface area contributed by atoms with Crippen LogP contribution < -0.4 is 4.90 Å². The number of piperidine rings is 1. The molecule has 1 atom stereocenters. The van der Waals surface area contributed by atoms with Gasteiger partial charge in [-0.25, -0.2) is 4.98 Å². The van der Waals surface area contributed by atoms with Crippen molar-refractivity contribution in [2.45, 2.75) is 46.1 Å². The van der Waals surface area contributed by atoms with E-state index in [-0.39, 0.29) is 6.61 Å². The highest BCUT2D eigenvalue weighted by Gasteiger charge is 2.20. The van der Waals surface area contributed by atoms with Gasteiger partial charge in [-0.2, -0.15) is 0 Å².